The van der Waals surface area contributed by atoms with E-state index in [1.807, 2.05) is 19.1 Å². The van der Waals surface area contributed by atoms with E-state index in [1.165, 1.54) is 0 Å². The van der Waals surface area contributed by atoms with E-state index in [0.29, 0.717) is 6.54 Å². The van der Waals surface area contributed by atoms with Gasteiger partial charge in [0.05, 0.1) is 17.6 Å². The molecule has 5 heteroatoms. The first-order chi connectivity index (χ1) is 9.74. The Labute approximate surface area is 118 Å². The van der Waals surface area contributed by atoms with Crippen LogP contribution in [0.5, 0.6) is 5.75 Å². The van der Waals surface area contributed by atoms with Crippen LogP contribution in [-0.4, -0.2) is 28.2 Å². The number of aromatic nitrogens is 2. The predicted octanol–water partition coefficient (Wildman–Crippen LogP) is 2.17. The van der Waals surface area contributed by atoms with Gasteiger partial charge in [-0.3, -0.25) is 0 Å². The molecule has 0 bridgehead atoms. The van der Waals surface area contributed by atoms with E-state index in [9.17, 15) is 5.11 Å². The van der Waals surface area contributed by atoms with Crippen LogP contribution in [0.1, 0.15) is 19.2 Å². The lowest BCUT2D eigenvalue weighted by Gasteiger charge is -2.12. The molecule has 0 saturated carbocycles. The Balaban J connectivity index is 2.36. The van der Waals surface area contributed by atoms with Crippen molar-refractivity contribution in [1.82, 2.24) is 9.97 Å². The maximum Gasteiger partial charge on any atom is 0.128 e. The average molecular weight is 272 g/mol. The standard InChI is InChI=1S/C15H20N4O/c1-2-14-18-10-13(17-8-4-7-16)15(19-14)11-5-3-6-12(20)9-11/h3,5-6,9-10,17,20H,2,4,7-8,16H2,1H3. The van der Waals surface area contributed by atoms with Gasteiger partial charge in [0.15, 0.2) is 0 Å². The Morgan fingerprint density at radius 3 is 2.90 bits per heavy atom. The summed E-state index contributed by atoms with van der Waals surface area (Å²) in [5, 5.41) is 12.9. The van der Waals surface area contributed by atoms with Gasteiger partial charge in [-0.05, 0) is 25.1 Å². The van der Waals surface area contributed by atoms with Gasteiger partial charge in [0.2, 0.25) is 0 Å². The Morgan fingerprint density at radius 2 is 2.20 bits per heavy atom. The first-order valence-electron chi connectivity index (χ1n) is 6.84. The molecule has 1 aromatic heterocycles. The van der Waals surface area contributed by atoms with Crippen molar-refractivity contribution in [2.45, 2.75) is 19.8 Å². The number of phenols is 1. The molecule has 1 aromatic carbocycles. The Bertz CT molecular complexity index is 572. The van der Waals surface area contributed by atoms with Crippen LogP contribution < -0.4 is 11.1 Å². The van der Waals surface area contributed by atoms with Gasteiger partial charge in [-0.2, -0.15) is 0 Å². The summed E-state index contributed by atoms with van der Waals surface area (Å²) < 4.78 is 0. The molecule has 0 aliphatic heterocycles. The lowest BCUT2D eigenvalue weighted by atomic mass is 10.1. The molecule has 2 aromatic rings. The molecule has 0 fully saturated rings. The van der Waals surface area contributed by atoms with Crippen LogP contribution in [0, 0.1) is 0 Å². The van der Waals surface area contributed by atoms with Gasteiger partial charge in [0.1, 0.15) is 11.6 Å². The molecule has 0 saturated heterocycles. The number of nitrogens with zero attached hydrogens (tertiary/aromatic N) is 2. The highest BCUT2D eigenvalue weighted by atomic mass is 16.3. The van der Waals surface area contributed by atoms with Crippen LogP contribution in [0.2, 0.25) is 0 Å². The molecule has 0 spiro atoms. The number of hydrogen-bond donors (Lipinski definition) is 3. The largest absolute Gasteiger partial charge is 0.508 e. The Morgan fingerprint density at radius 1 is 1.35 bits per heavy atom. The van der Waals surface area contributed by atoms with Crippen molar-refractivity contribution in [3.8, 4) is 17.0 Å². The van der Waals surface area contributed by atoms with Crippen LogP contribution in [0.3, 0.4) is 0 Å². The van der Waals surface area contributed by atoms with Crippen molar-refractivity contribution in [3.05, 3.63) is 36.3 Å². The van der Waals surface area contributed by atoms with Crippen molar-refractivity contribution >= 4 is 5.69 Å². The Hall–Kier alpha value is -2.14. The van der Waals surface area contributed by atoms with E-state index in [-0.39, 0.29) is 5.75 Å². The first kappa shape index (κ1) is 14.3. The number of aryl methyl sites for hydroxylation is 1. The molecule has 106 valence electrons. The lowest BCUT2D eigenvalue weighted by Crippen LogP contribution is -2.10. The first-order valence-corrected chi connectivity index (χ1v) is 6.84. The van der Waals surface area contributed by atoms with E-state index < -0.39 is 0 Å². The quantitative estimate of drug-likeness (QED) is 0.702. The van der Waals surface area contributed by atoms with Crippen molar-refractivity contribution < 1.29 is 5.11 Å². The van der Waals surface area contributed by atoms with Crippen LogP contribution in [0.4, 0.5) is 5.69 Å². The number of aromatic hydroxyl groups is 1. The van der Waals surface area contributed by atoms with Gasteiger partial charge >= 0.3 is 0 Å². The van der Waals surface area contributed by atoms with E-state index in [0.717, 1.165) is 42.2 Å². The van der Waals surface area contributed by atoms with Gasteiger partial charge in [-0.1, -0.05) is 19.1 Å². The highest BCUT2D eigenvalue weighted by Gasteiger charge is 2.09. The maximum absolute atomic E-state index is 9.63. The fourth-order valence-corrected chi connectivity index (χ4v) is 1.92. The topological polar surface area (TPSA) is 84.1 Å². The van der Waals surface area contributed by atoms with Gasteiger partial charge in [0, 0.05) is 18.5 Å². The molecule has 0 amide bonds. The Kier molecular flexibility index (Phi) is 4.90. The van der Waals surface area contributed by atoms with Crippen molar-refractivity contribution in [3.63, 3.8) is 0 Å². The van der Waals surface area contributed by atoms with E-state index in [2.05, 4.69) is 15.3 Å². The highest BCUT2D eigenvalue weighted by molar-refractivity contribution is 5.74. The molecule has 0 unspecified atom stereocenters. The summed E-state index contributed by atoms with van der Waals surface area (Å²) in [5.74, 6) is 1.01. The fraction of sp³-hybridized carbons (Fsp3) is 0.333. The van der Waals surface area contributed by atoms with Gasteiger partial charge in [-0.15, -0.1) is 0 Å². The molecule has 20 heavy (non-hydrogen) atoms. The molecule has 0 aliphatic rings. The summed E-state index contributed by atoms with van der Waals surface area (Å²) in [4.78, 5) is 8.88. The molecule has 0 aliphatic carbocycles. The zero-order valence-corrected chi connectivity index (χ0v) is 11.6. The number of benzene rings is 1. The minimum atomic E-state index is 0.229. The third-order valence-corrected chi connectivity index (χ3v) is 2.97. The highest BCUT2D eigenvalue weighted by Crippen LogP contribution is 2.27. The molecule has 0 atom stereocenters. The summed E-state index contributed by atoms with van der Waals surface area (Å²) in [6, 6.07) is 7.08. The molecular formula is C15H20N4O. The molecular weight excluding hydrogens is 252 g/mol. The van der Waals surface area contributed by atoms with Crippen molar-refractivity contribution in [1.29, 1.82) is 0 Å². The summed E-state index contributed by atoms with van der Waals surface area (Å²) in [6.45, 7) is 3.43. The zero-order valence-electron chi connectivity index (χ0n) is 11.6. The second-order valence-electron chi connectivity index (χ2n) is 4.52. The number of phenolic OH excluding ortho intramolecular Hbond substituents is 1. The lowest BCUT2D eigenvalue weighted by molar-refractivity contribution is 0.475. The number of rotatable bonds is 6. The van der Waals surface area contributed by atoms with Crippen LogP contribution in [0.15, 0.2) is 30.5 Å². The molecule has 4 N–H and O–H groups in total. The SMILES string of the molecule is CCc1ncc(NCCCN)c(-c2cccc(O)c2)n1. The number of anilines is 1. The summed E-state index contributed by atoms with van der Waals surface area (Å²) >= 11 is 0. The van der Waals surface area contributed by atoms with Gasteiger partial charge in [-0.25, -0.2) is 9.97 Å². The van der Waals surface area contributed by atoms with Gasteiger partial charge < -0.3 is 16.2 Å². The van der Waals surface area contributed by atoms with E-state index in [4.69, 9.17) is 5.73 Å². The van der Waals surface area contributed by atoms with E-state index in [1.54, 1.807) is 18.3 Å². The monoisotopic (exact) mass is 272 g/mol. The second-order valence-corrected chi connectivity index (χ2v) is 4.52. The number of nitrogens with two attached hydrogens (primary N) is 1. The van der Waals surface area contributed by atoms with Crippen LogP contribution in [-0.2, 0) is 6.42 Å². The molecule has 1 heterocycles. The number of nitrogens with one attached hydrogen (secondary N) is 1. The normalized spacial score (nSPS) is 10.5. The summed E-state index contributed by atoms with van der Waals surface area (Å²) in [7, 11) is 0. The van der Waals surface area contributed by atoms with E-state index >= 15 is 0 Å². The van der Waals surface area contributed by atoms with Crippen molar-refractivity contribution in [2.24, 2.45) is 5.73 Å². The molecule has 5 nitrogen and oxygen atoms in total. The fourth-order valence-electron chi connectivity index (χ4n) is 1.92. The molecule has 0 radical (unpaired) electrons. The third-order valence-electron chi connectivity index (χ3n) is 2.97. The second kappa shape index (κ2) is 6.86. The predicted molar refractivity (Wildman–Crippen MR) is 80.7 cm³/mol. The third kappa shape index (κ3) is 3.45. The van der Waals surface area contributed by atoms with Crippen LogP contribution >= 0.6 is 0 Å². The maximum atomic E-state index is 9.63. The number of hydrogen-bond acceptors (Lipinski definition) is 5. The minimum absolute atomic E-state index is 0.229. The zero-order chi connectivity index (χ0) is 14.4. The van der Waals surface area contributed by atoms with Crippen LogP contribution in [0.25, 0.3) is 11.3 Å². The molecule has 2 rings (SSSR count). The van der Waals surface area contributed by atoms with Gasteiger partial charge in [0.25, 0.3) is 0 Å². The summed E-state index contributed by atoms with van der Waals surface area (Å²) in [5.41, 5.74) is 8.05. The smallest absolute Gasteiger partial charge is 0.128 e. The average Bonchev–Trinajstić information content (AvgIpc) is 2.48. The minimum Gasteiger partial charge on any atom is -0.508 e. The van der Waals surface area contributed by atoms with Crippen molar-refractivity contribution in [2.75, 3.05) is 18.4 Å². The summed E-state index contributed by atoms with van der Waals surface area (Å²) in [6.07, 6.45) is 3.45.